The first-order valence-electron chi connectivity index (χ1n) is 6.41. The van der Waals surface area contributed by atoms with E-state index in [4.69, 9.17) is 16.3 Å². The summed E-state index contributed by atoms with van der Waals surface area (Å²) >= 11 is 9.34. The highest BCUT2D eigenvalue weighted by Gasteiger charge is 2.16. The predicted octanol–water partition coefficient (Wildman–Crippen LogP) is 4.60. The van der Waals surface area contributed by atoms with Gasteiger partial charge in [0, 0.05) is 9.50 Å². The van der Waals surface area contributed by atoms with Crippen LogP contribution in [0.2, 0.25) is 5.02 Å². The lowest BCUT2D eigenvalue weighted by Gasteiger charge is -2.16. The highest BCUT2D eigenvalue weighted by molar-refractivity contribution is 9.10. The number of methoxy groups -OCH3 is 1. The summed E-state index contributed by atoms with van der Waals surface area (Å²) in [5.41, 5.74) is 1.45. The monoisotopic (exact) mass is 367 g/mol. The number of rotatable bonds is 4. The molecule has 2 aromatic carbocycles. The Morgan fingerprint density at radius 2 is 1.90 bits per heavy atom. The largest absolute Gasteiger partial charge is 0.496 e. The number of benzene rings is 2. The minimum Gasteiger partial charge on any atom is -0.496 e. The number of nitrogens with one attached hydrogen (secondary N) is 1. The molecule has 0 radical (unpaired) electrons. The van der Waals surface area contributed by atoms with Gasteiger partial charge in [-0.1, -0.05) is 39.7 Å². The van der Waals surface area contributed by atoms with Crippen molar-refractivity contribution in [3.8, 4) is 5.75 Å². The van der Waals surface area contributed by atoms with Crippen LogP contribution in [0, 0.1) is 0 Å². The molecule has 0 bridgehead atoms. The van der Waals surface area contributed by atoms with Gasteiger partial charge in [-0.2, -0.15) is 0 Å². The SMILES string of the molecule is COc1ccc(Cl)cc1C(=O)NC(C)c1ccc(Br)cc1. The zero-order valence-corrected chi connectivity index (χ0v) is 14.0. The summed E-state index contributed by atoms with van der Waals surface area (Å²) in [5.74, 6) is 0.282. The third-order valence-electron chi connectivity index (χ3n) is 3.12. The van der Waals surface area contributed by atoms with E-state index >= 15 is 0 Å². The van der Waals surface area contributed by atoms with Crippen LogP contribution in [0.3, 0.4) is 0 Å². The maximum absolute atomic E-state index is 12.4. The van der Waals surface area contributed by atoms with Gasteiger partial charge in [-0.05, 0) is 42.8 Å². The number of hydrogen-bond donors (Lipinski definition) is 1. The number of ether oxygens (including phenoxy) is 1. The minimum atomic E-state index is -0.218. The molecular weight excluding hydrogens is 354 g/mol. The molecule has 0 aliphatic heterocycles. The molecule has 110 valence electrons. The summed E-state index contributed by atoms with van der Waals surface area (Å²) in [7, 11) is 1.53. The summed E-state index contributed by atoms with van der Waals surface area (Å²) in [5, 5.41) is 3.44. The quantitative estimate of drug-likeness (QED) is 0.856. The topological polar surface area (TPSA) is 38.3 Å². The van der Waals surface area contributed by atoms with E-state index in [1.54, 1.807) is 18.2 Å². The van der Waals surface area contributed by atoms with Crippen molar-refractivity contribution < 1.29 is 9.53 Å². The van der Waals surface area contributed by atoms with Crippen molar-refractivity contribution in [3.63, 3.8) is 0 Å². The van der Waals surface area contributed by atoms with E-state index in [9.17, 15) is 4.79 Å². The van der Waals surface area contributed by atoms with E-state index in [2.05, 4.69) is 21.2 Å². The van der Waals surface area contributed by atoms with Crippen molar-refractivity contribution >= 4 is 33.4 Å². The van der Waals surface area contributed by atoms with Gasteiger partial charge in [0.2, 0.25) is 0 Å². The molecule has 0 aliphatic rings. The lowest BCUT2D eigenvalue weighted by atomic mass is 10.1. The number of hydrogen-bond acceptors (Lipinski definition) is 2. The fraction of sp³-hybridized carbons (Fsp3) is 0.188. The highest BCUT2D eigenvalue weighted by Crippen LogP contribution is 2.24. The Bertz CT molecular complexity index is 643. The van der Waals surface area contributed by atoms with Gasteiger partial charge in [0.25, 0.3) is 5.91 Å². The van der Waals surface area contributed by atoms with E-state index in [0.29, 0.717) is 16.3 Å². The third-order valence-corrected chi connectivity index (χ3v) is 3.89. The molecule has 2 rings (SSSR count). The average molecular weight is 369 g/mol. The molecule has 5 heteroatoms. The molecule has 1 atom stereocenters. The second-order valence-corrected chi connectivity index (χ2v) is 5.94. The summed E-state index contributed by atoms with van der Waals surface area (Å²) in [6, 6.07) is 12.7. The van der Waals surface area contributed by atoms with Gasteiger partial charge in [-0.25, -0.2) is 0 Å². The molecule has 0 saturated carbocycles. The van der Waals surface area contributed by atoms with E-state index in [1.165, 1.54) is 7.11 Å². The molecule has 1 amide bonds. The third kappa shape index (κ3) is 3.99. The lowest BCUT2D eigenvalue weighted by molar-refractivity contribution is 0.0937. The van der Waals surface area contributed by atoms with Gasteiger partial charge >= 0.3 is 0 Å². The van der Waals surface area contributed by atoms with Crippen molar-refractivity contribution in [3.05, 3.63) is 63.1 Å². The van der Waals surface area contributed by atoms with Gasteiger partial charge in [0.1, 0.15) is 5.75 Å². The smallest absolute Gasteiger partial charge is 0.255 e. The van der Waals surface area contributed by atoms with Crippen LogP contribution in [-0.4, -0.2) is 13.0 Å². The molecule has 1 N–H and O–H groups in total. The Labute approximate surface area is 137 Å². The second-order valence-electron chi connectivity index (χ2n) is 4.59. The highest BCUT2D eigenvalue weighted by atomic mass is 79.9. The van der Waals surface area contributed by atoms with Gasteiger partial charge < -0.3 is 10.1 Å². The first-order chi connectivity index (χ1) is 10.0. The maximum atomic E-state index is 12.4. The summed E-state index contributed by atoms with van der Waals surface area (Å²) < 4.78 is 6.20. The van der Waals surface area contributed by atoms with Crippen molar-refractivity contribution in [1.29, 1.82) is 0 Å². The first kappa shape index (κ1) is 15.9. The van der Waals surface area contributed by atoms with Crippen LogP contribution < -0.4 is 10.1 Å². The lowest BCUT2D eigenvalue weighted by Crippen LogP contribution is -2.27. The molecular formula is C16H15BrClNO2. The van der Waals surface area contributed by atoms with E-state index < -0.39 is 0 Å². The molecule has 0 spiro atoms. The molecule has 0 aromatic heterocycles. The van der Waals surface area contributed by atoms with Gasteiger partial charge in [-0.15, -0.1) is 0 Å². The standard InChI is InChI=1S/C16H15BrClNO2/c1-10(11-3-5-12(17)6-4-11)19-16(20)14-9-13(18)7-8-15(14)21-2/h3-10H,1-2H3,(H,19,20). The van der Waals surface area contributed by atoms with Crippen molar-refractivity contribution in [2.75, 3.05) is 7.11 Å². The Kier molecular flexibility index (Phi) is 5.26. The summed E-state index contributed by atoms with van der Waals surface area (Å²) in [6.45, 7) is 1.93. The molecule has 3 nitrogen and oxygen atoms in total. The van der Waals surface area contributed by atoms with Crippen LogP contribution in [0.5, 0.6) is 5.75 Å². The fourth-order valence-corrected chi connectivity index (χ4v) is 2.40. The number of halogens is 2. The minimum absolute atomic E-state index is 0.116. The van der Waals surface area contributed by atoms with Crippen LogP contribution in [-0.2, 0) is 0 Å². The molecule has 0 heterocycles. The van der Waals surface area contributed by atoms with E-state index in [1.807, 2.05) is 31.2 Å². The van der Waals surface area contributed by atoms with Crippen LogP contribution in [0.25, 0.3) is 0 Å². The summed E-state index contributed by atoms with van der Waals surface area (Å²) in [4.78, 5) is 12.4. The molecule has 2 aromatic rings. The average Bonchev–Trinajstić information content (AvgIpc) is 2.47. The Hall–Kier alpha value is -1.52. The van der Waals surface area contributed by atoms with Crippen LogP contribution in [0.1, 0.15) is 28.9 Å². The molecule has 0 saturated heterocycles. The van der Waals surface area contributed by atoms with E-state index in [-0.39, 0.29) is 11.9 Å². The predicted molar refractivity (Wildman–Crippen MR) is 88.0 cm³/mol. The van der Waals surface area contributed by atoms with Crippen molar-refractivity contribution in [2.45, 2.75) is 13.0 Å². The van der Waals surface area contributed by atoms with Crippen molar-refractivity contribution in [2.24, 2.45) is 0 Å². The van der Waals surface area contributed by atoms with Crippen LogP contribution in [0.4, 0.5) is 0 Å². The molecule has 1 unspecified atom stereocenters. The number of amides is 1. The normalized spacial score (nSPS) is 11.8. The summed E-state index contributed by atoms with van der Waals surface area (Å²) in [6.07, 6.45) is 0. The molecule has 21 heavy (non-hydrogen) atoms. The fourth-order valence-electron chi connectivity index (χ4n) is 1.97. The van der Waals surface area contributed by atoms with Gasteiger partial charge in [-0.3, -0.25) is 4.79 Å². The van der Waals surface area contributed by atoms with Crippen LogP contribution >= 0.6 is 27.5 Å². The molecule has 0 fully saturated rings. The zero-order valence-electron chi connectivity index (χ0n) is 11.7. The Balaban J connectivity index is 2.17. The van der Waals surface area contributed by atoms with Crippen molar-refractivity contribution in [1.82, 2.24) is 5.32 Å². The number of carbonyl (C=O) groups is 1. The van der Waals surface area contributed by atoms with Crippen LogP contribution in [0.15, 0.2) is 46.9 Å². The first-order valence-corrected chi connectivity index (χ1v) is 7.58. The number of carbonyl (C=O) groups excluding carboxylic acids is 1. The van der Waals surface area contributed by atoms with E-state index in [0.717, 1.165) is 10.0 Å². The Morgan fingerprint density at radius 1 is 1.24 bits per heavy atom. The maximum Gasteiger partial charge on any atom is 0.255 e. The molecule has 0 aliphatic carbocycles. The van der Waals surface area contributed by atoms with Gasteiger partial charge in [0.15, 0.2) is 0 Å². The zero-order chi connectivity index (χ0) is 15.4. The second kappa shape index (κ2) is 6.96. The Morgan fingerprint density at radius 3 is 2.52 bits per heavy atom. The van der Waals surface area contributed by atoms with Gasteiger partial charge in [0.05, 0.1) is 18.7 Å².